The number of alkyl carbamates (subject to hydrolysis) is 1. The minimum atomic E-state index is -0.879. The Balaban J connectivity index is 4.24. The largest absolute Gasteiger partial charge is 0.481 e. The molecule has 0 saturated heterocycles. The molecule has 2 N–H and O–H groups in total. The predicted octanol–water partition coefficient (Wildman–Crippen LogP) is 2.40. The molecular formula is C12H23NO4. The molecule has 1 atom stereocenters. The maximum absolute atomic E-state index is 11.4. The molecule has 5 heteroatoms. The van der Waals surface area contributed by atoms with Gasteiger partial charge in [0.25, 0.3) is 0 Å². The molecule has 0 rings (SSSR count). The molecule has 100 valence electrons. The molecular weight excluding hydrogens is 222 g/mol. The first-order valence-corrected chi connectivity index (χ1v) is 5.67. The summed E-state index contributed by atoms with van der Waals surface area (Å²) in [5.74, 6) is -0.879. The lowest BCUT2D eigenvalue weighted by Crippen LogP contribution is -2.41. The number of carboxylic acids is 1. The zero-order valence-corrected chi connectivity index (χ0v) is 11.5. The van der Waals surface area contributed by atoms with Gasteiger partial charge in [-0.3, -0.25) is 4.79 Å². The van der Waals surface area contributed by atoms with Crippen LogP contribution in [-0.2, 0) is 9.53 Å². The minimum Gasteiger partial charge on any atom is -0.481 e. The maximum atomic E-state index is 11.4. The molecule has 0 bridgehead atoms. The minimum absolute atomic E-state index is 0.254. The number of carboxylic acid groups (broad SMARTS) is 1. The highest BCUT2D eigenvalue weighted by Gasteiger charge is 2.30. The molecule has 0 saturated carbocycles. The molecule has 0 fully saturated rings. The van der Waals surface area contributed by atoms with Crippen LogP contribution in [0.2, 0.25) is 0 Å². The first-order chi connectivity index (χ1) is 7.44. The molecule has 0 radical (unpaired) electrons. The number of amides is 1. The van der Waals surface area contributed by atoms with Gasteiger partial charge in [0.1, 0.15) is 5.60 Å². The van der Waals surface area contributed by atoms with E-state index in [0.717, 1.165) is 0 Å². The van der Waals surface area contributed by atoms with Crippen molar-refractivity contribution in [3.05, 3.63) is 0 Å². The van der Waals surface area contributed by atoms with Crippen molar-refractivity contribution in [3.8, 4) is 0 Å². The number of carbonyl (C=O) groups excluding carboxylic acids is 1. The van der Waals surface area contributed by atoms with Crippen LogP contribution in [0.5, 0.6) is 0 Å². The highest BCUT2D eigenvalue weighted by Crippen LogP contribution is 2.22. The Kier molecular flexibility index (Phi) is 4.98. The van der Waals surface area contributed by atoms with Crippen molar-refractivity contribution in [1.29, 1.82) is 0 Å². The number of hydrogen-bond acceptors (Lipinski definition) is 3. The lowest BCUT2D eigenvalue weighted by Gasteiger charge is -2.26. The number of carbonyl (C=O) groups is 2. The Bertz CT molecular complexity index is 291. The maximum Gasteiger partial charge on any atom is 0.407 e. The van der Waals surface area contributed by atoms with Gasteiger partial charge in [0.15, 0.2) is 0 Å². The second-order valence-electron chi connectivity index (χ2n) is 5.94. The predicted molar refractivity (Wildman–Crippen MR) is 64.9 cm³/mol. The van der Waals surface area contributed by atoms with Gasteiger partial charge in [-0.25, -0.2) is 4.79 Å². The Hall–Kier alpha value is -1.26. The van der Waals surface area contributed by atoms with Crippen molar-refractivity contribution in [2.75, 3.05) is 0 Å². The average molecular weight is 245 g/mol. The van der Waals surface area contributed by atoms with E-state index in [4.69, 9.17) is 9.84 Å². The van der Waals surface area contributed by atoms with Crippen molar-refractivity contribution in [1.82, 2.24) is 5.32 Å². The Morgan fingerprint density at radius 3 is 2.06 bits per heavy atom. The van der Waals surface area contributed by atoms with Gasteiger partial charge in [0, 0.05) is 6.04 Å². The van der Waals surface area contributed by atoms with Crippen LogP contribution < -0.4 is 5.32 Å². The normalized spacial score (nSPS) is 14.0. The van der Waals surface area contributed by atoms with E-state index in [1.807, 2.05) is 0 Å². The molecule has 0 spiro atoms. The van der Waals surface area contributed by atoms with Crippen molar-refractivity contribution >= 4 is 12.1 Å². The Morgan fingerprint density at radius 2 is 1.71 bits per heavy atom. The summed E-state index contributed by atoms with van der Waals surface area (Å²) in [5.41, 5.74) is -1.42. The van der Waals surface area contributed by atoms with Gasteiger partial charge >= 0.3 is 12.1 Å². The number of aliphatic carboxylic acids is 1. The van der Waals surface area contributed by atoms with E-state index in [1.165, 1.54) is 0 Å². The fourth-order valence-corrected chi connectivity index (χ4v) is 1.41. The quantitative estimate of drug-likeness (QED) is 0.797. The third-order valence-electron chi connectivity index (χ3n) is 2.16. The summed E-state index contributed by atoms with van der Waals surface area (Å²) in [6.45, 7) is 10.3. The lowest BCUT2D eigenvalue weighted by molar-refractivity contribution is -0.147. The van der Waals surface area contributed by atoms with Gasteiger partial charge in [-0.2, -0.15) is 0 Å². The molecule has 0 heterocycles. The SMILES string of the molecule is CC(CC(C)(C)C(=O)O)NC(=O)OC(C)(C)C. The molecule has 0 aliphatic heterocycles. The summed E-state index contributed by atoms with van der Waals surface area (Å²) in [6, 6.07) is -0.254. The Labute approximate surface area is 103 Å². The van der Waals surface area contributed by atoms with E-state index in [0.29, 0.717) is 6.42 Å². The van der Waals surface area contributed by atoms with E-state index >= 15 is 0 Å². The van der Waals surface area contributed by atoms with E-state index in [2.05, 4.69) is 5.32 Å². The molecule has 0 aliphatic rings. The molecule has 0 aromatic heterocycles. The van der Waals surface area contributed by atoms with Crippen LogP contribution in [0.4, 0.5) is 4.79 Å². The van der Waals surface area contributed by atoms with E-state index in [9.17, 15) is 9.59 Å². The van der Waals surface area contributed by atoms with Crippen molar-refractivity contribution in [3.63, 3.8) is 0 Å². The second-order valence-corrected chi connectivity index (χ2v) is 5.94. The van der Waals surface area contributed by atoms with E-state index in [-0.39, 0.29) is 6.04 Å². The smallest absolute Gasteiger partial charge is 0.407 e. The average Bonchev–Trinajstić information content (AvgIpc) is 1.96. The Morgan fingerprint density at radius 1 is 1.24 bits per heavy atom. The van der Waals surface area contributed by atoms with Crippen LogP contribution in [0.15, 0.2) is 0 Å². The lowest BCUT2D eigenvalue weighted by atomic mass is 9.86. The number of hydrogen-bond donors (Lipinski definition) is 2. The summed E-state index contributed by atoms with van der Waals surface area (Å²) in [6.07, 6.45) is -0.173. The number of rotatable bonds is 4. The standard InChI is InChI=1S/C12H23NO4/c1-8(7-12(5,6)9(14)15)13-10(16)17-11(2,3)4/h8H,7H2,1-6H3,(H,13,16)(H,14,15). The monoisotopic (exact) mass is 245 g/mol. The van der Waals surface area contributed by atoms with Crippen LogP contribution in [0, 0.1) is 5.41 Å². The van der Waals surface area contributed by atoms with Crippen molar-refractivity contribution in [2.24, 2.45) is 5.41 Å². The first-order valence-electron chi connectivity index (χ1n) is 5.67. The van der Waals surface area contributed by atoms with Gasteiger partial charge < -0.3 is 15.2 Å². The van der Waals surface area contributed by atoms with Gasteiger partial charge in [0.05, 0.1) is 5.41 Å². The van der Waals surface area contributed by atoms with Crippen molar-refractivity contribution < 1.29 is 19.4 Å². The first kappa shape index (κ1) is 15.7. The topological polar surface area (TPSA) is 75.6 Å². The number of ether oxygens (including phenoxy) is 1. The summed E-state index contributed by atoms with van der Waals surface area (Å²) >= 11 is 0. The van der Waals surface area contributed by atoms with E-state index in [1.54, 1.807) is 41.5 Å². The van der Waals surface area contributed by atoms with Crippen LogP contribution in [-0.4, -0.2) is 28.8 Å². The molecule has 5 nitrogen and oxygen atoms in total. The summed E-state index contributed by atoms with van der Waals surface area (Å²) < 4.78 is 5.09. The van der Waals surface area contributed by atoms with Crippen LogP contribution in [0.1, 0.15) is 48.0 Å². The molecule has 1 unspecified atom stereocenters. The molecule has 1 amide bonds. The fourth-order valence-electron chi connectivity index (χ4n) is 1.41. The van der Waals surface area contributed by atoms with Gasteiger partial charge in [-0.15, -0.1) is 0 Å². The molecule has 17 heavy (non-hydrogen) atoms. The third-order valence-corrected chi connectivity index (χ3v) is 2.16. The van der Waals surface area contributed by atoms with Gasteiger partial charge in [-0.1, -0.05) is 0 Å². The summed E-state index contributed by atoms with van der Waals surface area (Å²) in [7, 11) is 0. The fraction of sp³-hybridized carbons (Fsp3) is 0.833. The molecule has 0 aromatic rings. The van der Waals surface area contributed by atoms with Crippen LogP contribution >= 0.6 is 0 Å². The molecule has 0 aliphatic carbocycles. The summed E-state index contributed by atoms with van der Waals surface area (Å²) in [4.78, 5) is 22.4. The van der Waals surface area contributed by atoms with Crippen molar-refractivity contribution in [2.45, 2.75) is 59.6 Å². The molecule has 0 aromatic carbocycles. The van der Waals surface area contributed by atoms with Gasteiger partial charge in [0.2, 0.25) is 0 Å². The van der Waals surface area contributed by atoms with Gasteiger partial charge in [-0.05, 0) is 48.0 Å². The zero-order chi connectivity index (χ0) is 13.9. The van der Waals surface area contributed by atoms with Crippen LogP contribution in [0.3, 0.4) is 0 Å². The van der Waals surface area contributed by atoms with E-state index < -0.39 is 23.1 Å². The van der Waals surface area contributed by atoms with Crippen LogP contribution in [0.25, 0.3) is 0 Å². The third kappa shape index (κ3) is 6.81. The highest BCUT2D eigenvalue weighted by atomic mass is 16.6. The zero-order valence-electron chi connectivity index (χ0n) is 11.5. The summed E-state index contributed by atoms with van der Waals surface area (Å²) in [5, 5.41) is 11.6. The number of nitrogens with one attached hydrogen (secondary N) is 1. The highest BCUT2D eigenvalue weighted by molar-refractivity contribution is 5.74. The second kappa shape index (κ2) is 5.38.